The first kappa shape index (κ1) is 8.06. The Morgan fingerprint density at radius 3 is 2.62 bits per heavy atom. The van der Waals surface area contributed by atoms with E-state index >= 15 is 0 Å². The first-order chi connectivity index (χ1) is 6.45. The van der Waals surface area contributed by atoms with E-state index in [-0.39, 0.29) is 0 Å². The Balaban J connectivity index is 2.16. The molecule has 0 fully saturated rings. The molecule has 2 aromatic rings. The number of aromatic nitrogens is 5. The minimum atomic E-state index is 0.656. The largest absolute Gasteiger partial charge is 0.231 e. The summed E-state index contributed by atoms with van der Waals surface area (Å²) in [5.41, 5.74) is 0. The Morgan fingerprint density at radius 2 is 1.92 bits per heavy atom. The zero-order chi connectivity index (χ0) is 8.93. The summed E-state index contributed by atoms with van der Waals surface area (Å²) in [7, 11) is 0. The molecule has 0 spiro atoms. The standard InChI is InChI=1S/C7H5N5S/c1-3-8-7(9-4-1)13-6-2-5-10-12-11-6/h1-5H. The Hall–Kier alpha value is -1.56. The summed E-state index contributed by atoms with van der Waals surface area (Å²) in [5.74, 6) is 0. The van der Waals surface area contributed by atoms with Gasteiger partial charge in [0.2, 0.25) is 0 Å². The third-order valence-electron chi connectivity index (χ3n) is 1.22. The zero-order valence-corrected chi connectivity index (χ0v) is 7.35. The highest BCUT2D eigenvalue weighted by atomic mass is 32.2. The maximum Gasteiger partial charge on any atom is 0.193 e. The van der Waals surface area contributed by atoms with Crippen molar-refractivity contribution >= 4 is 11.8 Å². The minimum absolute atomic E-state index is 0.656. The molecule has 13 heavy (non-hydrogen) atoms. The summed E-state index contributed by atoms with van der Waals surface area (Å²) in [6.45, 7) is 0. The van der Waals surface area contributed by atoms with Crippen molar-refractivity contribution in [1.29, 1.82) is 0 Å². The van der Waals surface area contributed by atoms with Gasteiger partial charge in [-0.1, -0.05) is 0 Å². The fourth-order valence-electron chi connectivity index (χ4n) is 0.716. The predicted molar refractivity (Wildman–Crippen MR) is 46.0 cm³/mol. The molecule has 0 saturated carbocycles. The first-order valence-electron chi connectivity index (χ1n) is 3.54. The van der Waals surface area contributed by atoms with Crippen LogP contribution in [0.3, 0.4) is 0 Å². The van der Waals surface area contributed by atoms with E-state index in [1.165, 1.54) is 11.8 Å². The van der Waals surface area contributed by atoms with Crippen molar-refractivity contribution in [2.75, 3.05) is 0 Å². The summed E-state index contributed by atoms with van der Waals surface area (Å²) < 4.78 is 0. The molecule has 0 aromatic carbocycles. The number of rotatable bonds is 2. The van der Waals surface area contributed by atoms with Gasteiger partial charge < -0.3 is 0 Å². The second-order valence-corrected chi connectivity index (χ2v) is 3.08. The van der Waals surface area contributed by atoms with Gasteiger partial charge >= 0.3 is 0 Å². The van der Waals surface area contributed by atoms with Crippen molar-refractivity contribution in [2.24, 2.45) is 0 Å². The molecule has 0 bridgehead atoms. The highest BCUT2D eigenvalue weighted by Crippen LogP contribution is 2.19. The maximum atomic E-state index is 4.04. The smallest absolute Gasteiger partial charge is 0.193 e. The number of nitrogens with zero attached hydrogens (tertiary/aromatic N) is 5. The Bertz CT molecular complexity index is 328. The maximum absolute atomic E-state index is 4.04. The molecule has 64 valence electrons. The van der Waals surface area contributed by atoms with Crippen LogP contribution in [0.25, 0.3) is 0 Å². The van der Waals surface area contributed by atoms with Crippen LogP contribution in [0.15, 0.2) is 40.9 Å². The van der Waals surface area contributed by atoms with Crippen LogP contribution in [0.4, 0.5) is 0 Å². The monoisotopic (exact) mass is 191 g/mol. The molecule has 0 unspecified atom stereocenters. The lowest BCUT2D eigenvalue weighted by Crippen LogP contribution is -1.89. The van der Waals surface area contributed by atoms with Crippen molar-refractivity contribution < 1.29 is 0 Å². The molecule has 2 heterocycles. The Labute approximate surface area is 78.6 Å². The molecule has 2 rings (SSSR count). The van der Waals surface area contributed by atoms with Gasteiger partial charge in [0, 0.05) is 12.4 Å². The molecule has 0 atom stereocenters. The fraction of sp³-hybridized carbons (Fsp3) is 0. The van der Waals surface area contributed by atoms with Crippen LogP contribution >= 0.6 is 11.8 Å². The van der Waals surface area contributed by atoms with Crippen molar-refractivity contribution in [2.45, 2.75) is 10.2 Å². The third kappa shape index (κ3) is 2.19. The van der Waals surface area contributed by atoms with Gasteiger partial charge in [0.15, 0.2) is 5.16 Å². The molecule has 6 heteroatoms. The average molecular weight is 191 g/mol. The molecule has 0 amide bonds. The van der Waals surface area contributed by atoms with Gasteiger partial charge in [-0.3, -0.25) is 0 Å². The summed E-state index contributed by atoms with van der Waals surface area (Å²) in [4.78, 5) is 8.08. The first-order valence-corrected chi connectivity index (χ1v) is 4.36. The van der Waals surface area contributed by atoms with Crippen LogP contribution in [0, 0.1) is 0 Å². The molecular weight excluding hydrogens is 186 g/mol. The topological polar surface area (TPSA) is 64.5 Å². The molecule has 0 N–H and O–H groups in total. The van der Waals surface area contributed by atoms with Gasteiger partial charge in [-0.2, -0.15) is 0 Å². The predicted octanol–water partition coefficient (Wildman–Crippen LogP) is 0.813. The quantitative estimate of drug-likeness (QED) is 0.654. The lowest BCUT2D eigenvalue weighted by atomic mass is 10.7. The second-order valence-electron chi connectivity index (χ2n) is 2.09. The number of hydrogen-bond acceptors (Lipinski definition) is 6. The van der Waals surface area contributed by atoms with Gasteiger partial charge in [-0.15, -0.1) is 10.2 Å². The van der Waals surface area contributed by atoms with Crippen LogP contribution in [0.5, 0.6) is 0 Å². The van der Waals surface area contributed by atoms with E-state index < -0.39 is 0 Å². The van der Waals surface area contributed by atoms with Crippen LogP contribution in [0.2, 0.25) is 0 Å². The highest BCUT2D eigenvalue weighted by Gasteiger charge is 1.99. The third-order valence-corrected chi connectivity index (χ3v) is 2.04. The van der Waals surface area contributed by atoms with Gasteiger partial charge in [0.05, 0.1) is 6.20 Å². The summed E-state index contributed by atoms with van der Waals surface area (Å²) in [6.07, 6.45) is 4.95. The van der Waals surface area contributed by atoms with Crippen LogP contribution in [-0.2, 0) is 0 Å². The molecule has 0 aliphatic rings. The van der Waals surface area contributed by atoms with E-state index in [4.69, 9.17) is 0 Å². The van der Waals surface area contributed by atoms with Crippen molar-refractivity contribution in [3.05, 3.63) is 30.7 Å². The lowest BCUT2D eigenvalue weighted by molar-refractivity contribution is 0.801. The van der Waals surface area contributed by atoms with E-state index in [2.05, 4.69) is 25.4 Å². The summed E-state index contributed by atoms with van der Waals surface area (Å²) in [5, 5.41) is 12.3. The van der Waals surface area contributed by atoms with Crippen molar-refractivity contribution in [3.63, 3.8) is 0 Å². The molecule has 0 saturated heterocycles. The van der Waals surface area contributed by atoms with Gasteiger partial charge in [-0.25, -0.2) is 9.97 Å². The molecule has 2 aromatic heterocycles. The lowest BCUT2D eigenvalue weighted by Gasteiger charge is -1.94. The minimum Gasteiger partial charge on any atom is -0.231 e. The zero-order valence-electron chi connectivity index (χ0n) is 6.53. The second kappa shape index (κ2) is 3.90. The van der Waals surface area contributed by atoms with Gasteiger partial charge in [-0.05, 0) is 29.1 Å². The molecule has 0 radical (unpaired) electrons. The molecule has 5 nitrogen and oxygen atoms in total. The molecule has 0 aliphatic heterocycles. The average Bonchev–Trinajstić information content (AvgIpc) is 2.21. The van der Waals surface area contributed by atoms with Crippen LogP contribution in [0.1, 0.15) is 0 Å². The molecule has 0 aliphatic carbocycles. The van der Waals surface area contributed by atoms with E-state index in [0.29, 0.717) is 5.16 Å². The van der Waals surface area contributed by atoms with E-state index in [9.17, 15) is 0 Å². The SMILES string of the molecule is c1cnc(Sc2ccnnn2)nc1. The van der Waals surface area contributed by atoms with Crippen molar-refractivity contribution in [3.8, 4) is 0 Å². The van der Waals surface area contributed by atoms with Crippen LogP contribution in [-0.4, -0.2) is 25.4 Å². The van der Waals surface area contributed by atoms with Gasteiger partial charge in [0.1, 0.15) is 5.03 Å². The van der Waals surface area contributed by atoms with Crippen molar-refractivity contribution in [1.82, 2.24) is 25.4 Å². The van der Waals surface area contributed by atoms with Crippen LogP contribution < -0.4 is 0 Å². The Kier molecular flexibility index (Phi) is 2.42. The van der Waals surface area contributed by atoms with E-state index in [1.54, 1.807) is 30.7 Å². The van der Waals surface area contributed by atoms with E-state index in [0.717, 1.165) is 5.03 Å². The van der Waals surface area contributed by atoms with E-state index in [1.807, 2.05) is 0 Å². The molecular formula is C7H5N5S. The normalized spacial score (nSPS) is 9.85. The fourth-order valence-corrected chi connectivity index (χ4v) is 1.34. The Morgan fingerprint density at radius 1 is 1.08 bits per heavy atom. The summed E-state index contributed by atoms with van der Waals surface area (Å²) >= 11 is 1.35. The highest BCUT2D eigenvalue weighted by molar-refractivity contribution is 7.99. The number of hydrogen-bond donors (Lipinski definition) is 0. The van der Waals surface area contributed by atoms with Gasteiger partial charge in [0.25, 0.3) is 0 Å². The summed E-state index contributed by atoms with van der Waals surface area (Å²) in [6, 6.07) is 3.52.